The van der Waals surface area contributed by atoms with Crippen molar-refractivity contribution < 1.29 is 5.11 Å². The van der Waals surface area contributed by atoms with Crippen LogP contribution in [0.2, 0.25) is 0 Å². The maximum absolute atomic E-state index is 9.27. The average Bonchev–Trinajstić information content (AvgIpc) is 2.45. The van der Waals surface area contributed by atoms with Gasteiger partial charge in [-0.2, -0.15) is 9.78 Å². The number of aliphatic imine (C=N–C) groups is 1. The number of nitrogens with two attached hydrogens (primary N) is 1. The summed E-state index contributed by atoms with van der Waals surface area (Å²) in [5.74, 6) is 0.333. The molecule has 0 radical (unpaired) electrons. The molecule has 0 saturated carbocycles. The van der Waals surface area contributed by atoms with Crippen molar-refractivity contribution in [3.05, 3.63) is 12.3 Å². The van der Waals surface area contributed by atoms with Crippen LogP contribution in [0.1, 0.15) is 6.92 Å². The third-order valence-electron chi connectivity index (χ3n) is 1.40. The molecule has 0 aliphatic carbocycles. The van der Waals surface area contributed by atoms with Crippen LogP contribution in [-0.2, 0) is 0 Å². The zero-order valence-corrected chi connectivity index (χ0v) is 6.73. The number of hydrogen-bond donors (Lipinski definition) is 2. The molecule has 1 rings (SSSR count). The van der Waals surface area contributed by atoms with Gasteiger partial charge in [-0.25, -0.2) is 4.99 Å². The first-order valence-corrected chi connectivity index (χ1v) is 3.36. The van der Waals surface area contributed by atoms with Crippen LogP contribution in [0.15, 0.2) is 17.3 Å². The molecule has 0 fully saturated rings. The van der Waals surface area contributed by atoms with Crippen molar-refractivity contribution in [3.63, 3.8) is 0 Å². The van der Waals surface area contributed by atoms with Crippen molar-refractivity contribution in [2.75, 3.05) is 5.73 Å². The van der Waals surface area contributed by atoms with Crippen LogP contribution in [0, 0.1) is 0 Å². The van der Waals surface area contributed by atoms with Crippen molar-refractivity contribution in [3.8, 4) is 0 Å². The van der Waals surface area contributed by atoms with E-state index in [1.165, 1.54) is 17.0 Å². The fourth-order valence-electron chi connectivity index (χ4n) is 0.803. The Morgan fingerprint density at radius 3 is 3.08 bits per heavy atom. The minimum Gasteiger partial charge on any atom is -0.493 e. The highest BCUT2D eigenvalue weighted by atomic mass is 16.3. The van der Waals surface area contributed by atoms with E-state index < -0.39 is 0 Å². The number of rotatable bonds is 2. The van der Waals surface area contributed by atoms with Gasteiger partial charge in [0.1, 0.15) is 0 Å². The van der Waals surface area contributed by atoms with Crippen LogP contribution in [0.3, 0.4) is 0 Å². The van der Waals surface area contributed by atoms with E-state index in [4.69, 9.17) is 5.73 Å². The Labute approximate surface area is 69.8 Å². The first kappa shape index (κ1) is 8.32. The topological polar surface area (TPSA) is 76.4 Å². The van der Waals surface area contributed by atoms with Crippen LogP contribution in [0.5, 0.6) is 0 Å². The van der Waals surface area contributed by atoms with Gasteiger partial charge in [-0.15, -0.1) is 0 Å². The maximum atomic E-state index is 9.27. The van der Waals surface area contributed by atoms with E-state index >= 15 is 0 Å². The predicted octanol–water partition coefficient (Wildman–Crippen LogP) is 1.17. The summed E-state index contributed by atoms with van der Waals surface area (Å²) in [6, 6.07) is 0. The Morgan fingerprint density at radius 1 is 1.92 bits per heavy atom. The van der Waals surface area contributed by atoms with E-state index in [1.807, 2.05) is 0 Å². The molecule has 12 heavy (non-hydrogen) atoms. The van der Waals surface area contributed by atoms with Gasteiger partial charge >= 0.3 is 0 Å². The van der Waals surface area contributed by atoms with Gasteiger partial charge in [0.15, 0.2) is 5.82 Å². The molecule has 0 unspecified atom stereocenters. The second-order valence-corrected chi connectivity index (χ2v) is 2.14. The van der Waals surface area contributed by atoms with Gasteiger partial charge in [0, 0.05) is 0 Å². The Hall–Kier alpha value is -1.78. The summed E-state index contributed by atoms with van der Waals surface area (Å²) in [6.07, 6.45) is 2.89. The summed E-state index contributed by atoms with van der Waals surface area (Å²) in [5.41, 5.74) is 5.88. The zero-order chi connectivity index (χ0) is 9.14. The largest absolute Gasteiger partial charge is 0.493 e. The van der Waals surface area contributed by atoms with Crippen molar-refractivity contribution in [1.82, 2.24) is 9.78 Å². The Bertz CT molecular complexity index is 326. The lowest BCUT2D eigenvalue weighted by Gasteiger charge is -2.00. The minimum atomic E-state index is -0.0194. The summed E-state index contributed by atoms with van der Waals surface area (Å²) < 4.78 is 1.21. The number of aromatic nitrogens is 2. The molecule has 1 aromatic rings. The quantitative estimate of drug-likeness (QED) is 0.511. The third-order valence-corrected chi connectivity index (χ3v) is 1.40. The molecule has 3 N–H and O–H groups in total. The summed E-state index contributed by atoms with van der Waals surface area (Å²) in [5, 5.41) is 13.1. The second kappa shape index (κ2) is 3.08. The Balaban J connectivity index is 3.24. The molecule has 5 nitrogen and oxygen atoms in total. The minimum absolute atomic E-state index is 0.0194. The standard InChI is InChI=1S/C7H10N4O/c1-3-6(12)11-7(9-2)5(8)4-10-11/h3-4,12H,2,8H2,1H3/b6-3+. The lowest BCUT2D eigenvalue weighted by Crippen LogP contribution is -1.97. The van der Waals surface area contributed by atoms with Gasteiger partial charge in [-0.3, -0.25) is 0 Å². The molecule has 0 aliphatic heterocycles. The fraction of sp³-hybridized carbons (Fsp3) is 0.143. The van der Waals surface area contributed by atoms with E-state index in [0.29, 0.717) is 11.5 Å². The van der Waals surface area contributed by atoms with Crippen molar-refractivity contribution in [2.24, 2.45) is 4.99 Å². The molecule has 0 spiro atoms. The van der Waals surface area contributed by atoms with Crippen LogP contribution in [0.25, 0.3) is 5.88 Å². The smallest absolute Gasteiger partial charge is 0.209 e. The summed E-state index contributed by atoms with van der Waals surface area (Å²) >= 11 is 0. The van der Waals surface area contributed by atoms with Gasteiger partial charge in [0.2, 0.25) is 5.88 Å². The summed E-state index contributed by atoms with van der Waals surface area (Å²) in [4.78, 5) is 3.62. The molecule has 0 atom stereocenters. The van der Waals surface area contributed by atoms with Crippen LogP contribution >= 0.6 is 0 Å². The molecule has 64 valence electrons. The highest BCUT2D eigenvalue weighted by molar-refractivity contribution is 5.63. The molecule has 0 aromatic carbocycles. The predicted molar refractivity (Wildman–Crippen MR) is 48.4 cm³/mol. The number of allylic oxidation sites excluding steroid dienone is 1. The molecular weight excluding hydrogens is 156 g/mol. The lowest BCUT2D eigenvalue weighted by molar-refractivity contribution is 0.458. The van der Waals surface area contributed by atoms with E-state index in [2.05, 4.69) is 16.8 Å². The Morgan fingerprint density at radius 2 is 2.58 bits per heavy atom. The van der Waals surface area contributed by atoms with E-state index in [1.54, 1.807) is 6.92 Å². The molecule has 0 saturated heterocycles. The second-order valence-electron chi connectivity index (χ2n) is 2.14. The maximum Gasteiger partial charge on any atom is 0.209 e. The van der Waals surface area contributed by atoms with Crippen molar-refractivity contribution in [2.45, 2.75) is 6.92 Å². The number of hydrogen-bond acceptors (Lipinski definition) is 4. The van der Waals surface area contributed by atoms with Gasteiger partial charge < -0.3 is 10.8 Å². The van der Waals surface area contributed by atoms with E-state index in [-0.39, 0.29) is 5.88 Å². The van der Waals surface area contributed by atoms with Gasteiger partial charge in [0.25, 0.3) is 0 Å². The zero-order valence-electron chi connectivity index (χ0n) is 6.73. The van der Waals surface area contributed by atoms with E-state index in [9.17, 15) is 5.11 Å². The first-order valence-electron chi connectivity index (χ1n) is 3.36. The molecule has 0 bridgehead atoms. The number of nitrogens with zero attached hydrogens (tertiary/aromatic N) is 3. The number of aliphatic hydroxyl groups is 1. The normalized spacial score (nSPS) is 11.6. The summed E-state index contributed by atoms with van der Waals surface area (Å²) in [7, 11) is 0. The van der Waals surface area contributed by atoms with Crippen molar-refractivity contribution in [1.29, 1.82) is 0 Å². The third kappa shape index (κ3) is 1.16. The lowest BCUT2D eigenvalue weighted by atomic mass is 10.5. The van der Waals surface area contributed by atoms with Gasteiger partial charge in [-0.05, 0) is 19.7 Å². The first-order chi connectivity index (χ1) is 5.70. The van der Waals surface area contributed by atoms with Gasteiger partial charge in [-0.1, -0.05) is 0 Å². The molecule has 1 aromatic heterocycles. The summed E-state index contributed by atoms with van der Waals surface area (Å²) in [6.45, 7) is 4.99. The SMILES string of the molecule is C=Nc1c(N)cnn1/C(O)=C\C. The van der Waals surface area contributed by atoms with Crippen LogP contribution in [-0.4, -0.2) is 21.6 Å². The molecule has 1 heterocycles. The van der Waals surface area contributed by atoms with Gasteiger partial charge in [0.05, 0.1) is 11.9 Å². The molecule has 0 aliphatic rings. The molecule has 5 heteroatoms. The average molecular weight is 166 g/mol. The molecular formula is C7H10N4O. The fourth-order valence-corrected chi connectivity index (χ4v) is 0.803. The highest BCUT2D eigenvalue weighted by Gasteiger charge is 2.07. The Kier molecular flexibility index (Phi) is 2.14. The van der Waals surface area contributed by atoms with Crippen molar-refractivity contribution >= 4 is 24.1 Å². The number of nitrogen functional groups attached to an aromatic ring is 1. The monoisotopic (exact) mass is 166 g/mol. The van der Waals surface area contributed by atoms with E-state index in [0.717, 1.165) is 0 Å². The molecule has 0 amide bonds. The van der Waals surface area contributed by atoms with Crippen LogP contribution in [0.4, 0.5) is 11.5 Å². The van der Waals surface area contributed by atoms with Crippen LogP contribution < -0.4 is 5.73 Å². The highest BCUT2D eigenvalue weighted by Crippen LogP contribution is 2.22. The number of aliphatic hydroxyl groups excluding tert-OH is 1. The number of anilines is 1.